The molecular weight excluding hydrogens is 220 g/mol. The first-order valence-electron chi connectivity index (χ1n) is 5.72. The van der Waals surface area contributed by atoms with Gasteiger partial charge in [-0.2, -0.15) is 11.3 Å². The van der Waals surface area contributed by atoms with Gasteiger partial charge in [0.05, 0.1) is 6.54 Å². The molecule has 1 atom stereocenters. The van der Waals surface area contributed by atoms with E-state index in [4.69, 9.17) is 0 Å². The van der Waals surface area contributed by atoms with Crippen LogP contribution >= 0.6 is 11.3 Å². The summed E-state index contributed by atoms with van der Waals surface area (Å²) in [4.78, 5) is 13.6. The minimum Gasteiger partial charge on any atom is -0.342 e. The molecule has 0 fully saturated rings. The van der Waals surface area contributed by atoms with Crippen molar-refractivity contribution in [3.05, 3.63) is 22.4 Å². The molecule has 0 bridgehead atoms. The number of carbonyl (C=O) groups is 1. The van der Waals surface area contributed by atoms with Crippen LogP contribution < -0.4 is 5.32 Å². The molecule has 0 spiro atoms. The van der Waals surface area contributed by atoms with Crippen molar-refractivity contribution < 1.29 is 4.79 Å². The van der Waals surface area contributed by atoms with E-state index in [2.05, 4.69) is 29.1 Å². The van der Waals surface area contributed by atoms with Crippen molar-refractivity contribution in [3.63, 3.8) is 0 Å². The highest BCUT2D eigenvalue weighted by atomic mass is 32.1. The zero-order valence-electron chi connectivity index (χ0n) is 10.2. The highest BCUT2D eigenvalue weighted by Gasteiger charge is 2.11. The lowest BCUT2D eigenvalue weighted by Gasteiger charge is -2.20. The van der Waals surface area contributed by atoms with Crippen LogP contribution in [-0.4, -0.2) is 30.4 Å². The van der Waals surface area contributed by atoms with Gasteiger partial charge in [0.1, 0.15) is 0 Å². The van der Waals surface area contributed by atoms with Gasteiger partial charge in [-0.15, -0.1) is 0 Å². The van der Waals surface area contributed by atoms with Crippen molar-refractivity contribution in [2.75, 3.05) is 19.6 Å². The van der Waals surface area contributed by atoms with Gasteiger partial charge in [0.15, 0.2) is 0 Å². The Bertz CT molecular complexity index is 307. The van der Waals surface area contributed by atoms with Crippen molar-refractivity contribution in [1.29, 1.82) is 0 Å². The van der Waals surface area contributed by atoms with Crippen LogP contribution in [0.25, 0.3) is 0 Å². The van der Waals surface area contributed by atoms with Crippen molar-refractivity contribution in [3.8, 4) is 0 Å². The van der Waals surface area contributed by atoms with Gasteiger partial charge in [-0.25, -0.2) is 0 Å². The Hall–Kier alpha value is -0.870. The summed E-state index contributed by atoms with van der Waals surface area (Å²) in [5.41, 5.74) is 1.25. The number of nitrogens with one attached hydrogen (secondary N) is 1. The summed E-state index contributed by atoms with van der Waals surface area (Å²) in [6.07, 6.45) is 0. The van der Waals surface area contributed by atoms with E-state index in [1.165, 1.54) is 5.56 Å². The maximum absolute atomic E-state index is 11.7. The van der Waals surface area contributed by atoms with Gasteiger partial charge in [-0.1, -0.05) is 0 Å². The molecule has 1 aromatic heterocycles. The monoisotopic (exact) mass is 240 g/mol. The van der Waals surface area contributed by atoms with E-state index in [0.29, 0.717) is 6.54 Å². The van der Waals surface area contributed by atoms with Gasteiger partial charge in [0.25, 0.3) is 0 Å². The molecule has 0 aromatic carbocycles. The first-order chi connectivity index (χ1) is 7.69. The first kappa shape index (κ1) is 13.2. The fourth-order valence-electron chi connectivity index (χ4n) is 1.57. The van der Waals surface area contributed by atoms with Crippen molar-refractivity contribution in [2.24, 2.45) is 0 Å². The number of hydrogen-bond acceptors (Lipinski definition) is 3. The molecule has 1 aromatic rings. The summed E-state index contributed by atoms with van der Waals surface area (Å²) < 4.78 is 0. The Morgan fingerprint density at radius 3 is 2.69 bits per heavy atom. The fraction of sp³-hybridized carbons (Fsp3) is 0.583. The quantitative estimate of drug-likeness (QED) is 0.827. The topological polar surface area (TPSA) is 32.3 Å². The summed E-state index contributed by atoms with van der Waals surface area (Å²) >= 11 is 1.68. The lowest BCUT2D eigenvalue weighted by molar-refractivity contribution is -0.129. The Kier molecular flexibility index (Phi) is 5.49. The Morgan fingerprint density at radius 1 is 1.50 bits per heavy atom. The lowest BCUT2D eigenvalue weighted by atomic mass is 10.2. The van der Waals surface area contributed by atoms with Crippen LogP contribution in [0.15, 0.2) is 16.8 Å². The van der Waals surface area contributed by atoms with Crippen LogP contribution in [0.4, 0.5) is 0 Å². The SMILES string of the molecule is CCN(CC)C(=O)CNC(C)c1ccsc1. The molecule has 4 heteroatoms. The highest BCUT2D eigenvalue weighted by molar-refractivity contribution is 7.07. The van der Waals surface area contributed by atoms with E-state index < -0.39 is 0 Å². The zero-order valence-corrected chi connectivity index (χ0v) is 11.0. The Balaban J connectivity index is 2.37. The number of carbonyl (C=O) groups excluding carboxylic acids is 1. The van der Waals surface area contributed by atoms with E-state index in [0.717, 1.165) is 13.1 Å². The summed E-state index contributed by atoms with van der Waals surface area (Å²) in [6.45, 7) is 8.07. The smallest absolute Gasteiger partial charge is 0.236 e. The molecule has 0 aliphatic heterocycles. The average Bonchev–Trinajstić information content (AvgIpc) is 2.81. The van der Waals surface area contributed by atoms with E-state index in [9.17, 15) is 4.79 Å². The van der Waals surface area contributed by atoms with Crippen molar-refractivity contribution in [1.82, 2.24) is 10.2 Å². The first-order valence-corrected chi connectivity index (χ1v) is 6.66. The predicted molar refractivity (Wildman–Crippen MR) is 68.7 cm³/mol. The third kappa shape index (κ3) is 3.61. The largest absolute Gasteiger partial charge is 0.342 e. The van der Waals surface area contributed by atoms with Crippen LogP contribution in [0.1, 0.15) is 32.4 Å². The molecule has 1 amide bonds. The van der Waals surface area contributed by atoms with Gasteiger partial charge >= 0.3 is 0 Å². The molecule has 3 nitrogen and oxygen atoms in total. The maximum Gasteiger partial charge on any atom is 0.236 e. The standard InChI is InChI=1S/C12H20N2OS/c1-4-14(5-2)12(15)8-13-10(3)11-6-7-16-9-11/h6-7,9-10,13H,4-5,8H2,1-3H3. The number of nitrogens with zero attached hydrogens (tertiary/aromatic N) is 1. The molecular formula is C12H20N2OS. The Morgan fingerprint density at radius 2 is 2.19 bits per heavy atom. The van der Waals surface area contributed by atoms with E-state index in [1.54, 1.807) is 11.3 Å². The molecule has 1 heterocycles. The lowest BCUT2D eigenvalue weighted by Crippen LogP contribution is -2.38. The number of rotatable bonds is 6. The average molecular weight is 240 g/mol. The molecule has 0 aliphatic carbocycles. The summed E-state index contributed by atoms with van der Waals surface area (Å²) in [5, 5.41) is 7.42. The molecule has 90 valence electrons. The number of thiophene rings is 1. The Labute approximate surface area is 101 Å². The highest BCUT2D eigenvalue weighted by Crippen LogP contribution is 2.15. The van der Waals surface area contributed by atoms with Crippen LogP contribution in [0.3, 0.4) is 0 Å². The van der Waals surface area contributed by atoms with Crippen LogP contribution in [-0.2, 0) is 4.79 Å². The minimum absolute atomic E-state index is 0.173. The molecule has 0 radical (unpaired) electrons. The van der Waals surface area contributed by atoms with Crippen LogP contribution in [0.5, 0.6) is 0 Å². The summed E-state index contributed by atoms with van der Waals surface area (Å²) in [5.74, 6) is 0.173. The fourth-order valence-corrected chi connectivity index (χ4v) is 2.32. The maximum atomic E-state index is 11.7. The van der Waals surface area contributed by atoms with E-state index in [1.807, 2.05) is 18.7 Å². The van der Waals surface area contributed by atoms with Crippen LogP contribution in [0.2, 0.25) is 0 Å². The van der Waals surface area contributed by atoms with E-state index in [-0.39, 0.29) is 11.9 Å². The molecule has 1 unspecified atom stereocenters. The number of likely N-dealkylation sites (N-methyl/N-ethyl adjacent to an activating group) is 1. The second kappa shape index (κ2) is 6.66. The third-order valence-electron chi connectivity index (χ3n) is 2.72. The normalized spacial score (nSPS) is 12.4. The van der Waals surface area contributed by atoms with Gasteiger partial charge in [0.2, 0.25) is 5.91 Å². The van der Waals surface area contributed by atoms with E-state index >= 15 is 0 Å². The summed E-state index contributed by atoms with van der Waals surface area (Å²) in [6, 6.07) is 2.33. The second-order valence-corrected chi connectivity index (χ2v) is 4.51. The van der Waals surface area contributed by atoms with Crippen molar-refractivity contribution in [2.45, 2.75) is 26.8 Å². The van der Waals surface area contributed by atoms with Gasteiger partial charge in [-0.05, 0) is 43.2 Å². The molecule has 1 rings (SSSR count). The second-order valence-electron chi connectivity index (χ2n) is 3.73. The molecule has 0 aliphatic rings. The number of amides is 1. The van der Waals surface area contributed by atoms with Gasteiger partial charge in [0, 0.05) is 19.1 Å². The van der Waals surface area contributed by atoms with Crippen LogP contribution in [0, 0.1) is 0 Å². The third-order valence-corrected chi connectivity index (χ3v) is 3.42. The molecule has 16 heavy (non-hydrogen) atoms. The minimum atomic E-state index is 0.173. The zero-order chi connectivity index (χ0) is 12.0. The molecule has 0 saturated carbocycles. The van der Waals surface area contributed by atoms with Gasteiger partial charge in [-0.3, -0.25) is 4.79 Å². The van der Waals surface area contributed by atoms with Gasteiger partial charge < -0.3 is 10.2 Å². The number of hydrogen-bond donors (Lipinski definition) is 1. The molecule has 1 N–H and O–H groups in total. The molecule has 0 saturated heterocycles. The summed E-state index contributed by atoms with van der Waals surface area (Å²) in [7, 11) is 0. The predicted octanol–water partition coefficient (Wildman–Crippen LogP) is 2.27. The van der Waals surface area contributed by atoms with Crippen molar-refractivity contribution >= 4 is 17.2 Å².